The molecule has 1 aromatic carbocycles. The Labute approximate surface area is 137 Å². The number of halogens is 1. The molecule has 0 bridgehead atoms. The Kier molecular flexibility index (Phi) is 3.42. The van der Waals surface area contributed by atoms with E-state index in [-0.39, 0.29) is 5.52 Å². The Morgan fingerprint density at radius 1 is 1.08 bits per heavy atom. The van der Waals surface area contributed by atoms with Gasteiger partial charge in [-0.1, -0.05) is 6.07 Å². The third-order valence-corrected chi connectivity index (χ3v) is 3.80. The first kappa shape index (κ1) is 14.3. The molecule has 24 heavy (non-hydrogen) atoms. The predicted octanol–water partition coefficient (Wildman–Crippen LogP) is 4.13. The summed E-state index contributed by atoms with van der Waals surface area (Å²) in [6.07, 6.45) is 6.34. The second-order valence-electron chi connectivity index (χ2n) is 5.22. The van der Waals surface area contributed by atoms with Crippen LogP contribution in [0.15, 0.2) is 59.7 Å². The summed E-state index contributed by atoms with van der Waals surface area (Å²) in [5, 5.41) is 3.63. The Morgan fingerprint density at radius 3 is 2.71 bits per heavy atom. The highest BCUT2D eigenvalue weighted by Gasteiger charge is 2.16. The van der Waals surface area contributed by atoms with E-state index in [4.69, 9.17) is 4.42 Å². The van der Waals surface area contributed by atoms with Crippen LogP contribution in [-0.2, 0) is 0 Å². The van der Waals surface area contributed by atoms with Gasteiger partial charge < -0.3 is 9.73 Å². The summed E-state index contributed by atoms with van der Waals surface area (Å²) in [5.74, 6) is 0.581. The topological polar surface area (TPSA) is 63.8 Å². The molecule has 0 unspecified atom stereocenters. The molecule has 0 saturated carbocycles. The monoisotopic (exact) mass is 320 g/mol. The van der Waals surface area contributed by atoms with E-state index < -0.39 is 5.82 Å². The molecule has 0 aliphatic rings. The highest BCUT2D eigenvalue weighted by molar-refractivity contribution is 5.94. The van der Waals surface area contributed by atoms with Crippen LogP contribution in [0.1, 0.15) is 0 Å². The van der Waals surface area contributed by atoms with Gasteiger partial charge in [0.15, 0.2) is 11.6 Å². The molecule has 118 valence electrons. The highest BCUT2D eigenvalue weighted by atomic mass is 19.1. The van der Waals surface area contributed by atoms with Crippen molar-refractivity contribution in [1.82, 2.24) is 15.0 Å². The van der Waals surface area contributed by atoms with Crippen molar-refractivity contribution in [1.29, 1.82) is 0 Å². The number of fused-ring (bicyclic) bond motifs is 1. The van der Waals surface area contributed by atoms with Gasteiger partial charge in [0, 0.05) is 41.5 Å². The standard InChI is InChI=1S/C18H13FN4O/c1-20-18-14-5-4-13(12-6-8-24-10-12)15(19)16(14)22-17(23-18)11-3-2-7-21-9-11/h2-10H,1H3,(H,20,22,23). The summed E-state index contributed by atoms with van der Waals surface area (Å²) in [6.45, 7) is 0. The van der Waals surface area contributed by atoms with Crippen molar-refractivity contribution >= 4 is 16.7 Å². The van der Waals surface area contributed by atoms with Gasteiger partial charge in [0.2, 0.25) is 0 Å². The summed E-state index contributed by atoms with van der Waals surface area (Å²) in [4.78, 5) is 13.0. The summed E-state index contributed by atoms with van der Waals surface area (Å²) >= 11 is 0. The van der Waals surface area contributed by atoms with E-state index >= 15 is 4.39 Å². The van der Waals surface area contributed by atoms with Crippen molar-refractivity contribution < 1.29 is 8.81 Å². The van der Waals surface area contributed by atoms with Crippen LogP contribution in [0.2, 0.25) is 0 Å². The summed E-state index contributed by atoms with van der Waals surface area (Å²) in [5.41, 5.74) is 2.09. The summed E-state index contributed by atoms with van der Waals surface area (Å²) in [7, 11) is 1.75. The largest absolute Gasteiger partial charge is 0.472 e. The molecule has 0 amide bonds. The minimum absolute atomic E-state index is 0.256. The first-order valence-electron chi connectivity index (χ1n) is 7.39. The van der Waals surface area contributed by atoms with E-state index in [9.17, 15) is 0 Å². The van der Waals surface area contributed by atoms with Crippen LogP contribution in [0.3, 0.4) is 0 Å². The number of anilines is 1. The number of aromatic nitrogens is 3. The van der Waals surface area contributed by atoms with Gasteiger partial charge in [0.25, 0.3) is 0 Å². The molecular formula is C18H13FN4O. The molecule has 0 fully saturated rings. The van der Waals surface area contributed by atoms with Gasteiger partial charge in [-0.3, -0.25) is 4.98 Å². The van der Waals surface area contributed by atoms with Crippen LogP contribution in [0, 0.1) is 5.82 Å². The number of rotatable bonds is 3. The Balaban J connectivity index is 2.00. The Bertz CT molecular complexity index is 1000. The SMILES string of the molecule is CNc1nc(-c2cccnc2)nc2c(F)c(-c3ccoc3)ccc12. The number of hydrogen-bond donors (Lipinski definition) is 1. The van der Waals surface area contributed by atoms with Gasteiger partial charge in [-0.15, -0.1) is 0 Å². The first-order chi connectivity index (χ1) is 11.8. The average Bonchev–Trinajstić information content (AvgIpc) is 3.16. The second-order valence-corrected chi connectivity index (χ2v) is 5.22. The number of nitrogens with one attached hydrogen (secondary N) is 1. The van der Waals surface area contributed by atoms with Crippen LogP contribution in [0.25, 0.3) is 33.4 Å². The maximum atomic E-state index is 15.1. The van der Waals surface area contributed by atoms with Crippen molar-refractivity contribution in [2.24, 2.45) is 0 Å². The van der Waals surface area contributed by atoms with Gasteiger partial charge in [-0.2, -0.15) is 0 Å². The third kappa shape index (κ3) is 2.28. The van der Waals surface area contributed by atoms with Gasteiger partial charge in [-0.25, -0.2) is 14.4 Å². The summed E-state index contributed by atoms with van der Waals surface area (Å²) < 4.78 is 20.1. The van der Waals surface area contributed by atoms with Gasteiger partial charge >= 0.3 is 0 Å². The molecule has 3 aromatic heterocycles. The number of pyridine rings is 1. The zero-order valence-electron chi connectivity index (χ0n) is 12.8. The fraction of sp³-hybridized carbons (Fsp3) is 0.0556. The van der Waals surface area contributed by atoms with E-state index in [1.165, 1.54) is 12.5 Å². The van der Waals surface area contributed by atoms with E-state index in [1.54, 1.807) is 43.7 Å². The van der Waals surface area contributed by atoms with E-state index in [0.717, 1.165) is 5.56 Å². The van der Waals surface area contributed by atoms with E-state index in [0.29, 0.717) is 28.2 Å². The van der Waals surface area contributed by atoms with Gasteiger partial charge in [0.05, 0.1) is 12.5 Å². The van der Waals surface area contributed by atoms with Crippen LogP contribution < -0.4 is 5.32 Å². The molecule has 1 N–H and O–H groups in total. The number of nitrogens with zero attached hydrogens (tertiary/aromatic N) is 3. The molecule has 0 aliphatic heterocycles. The highest BCUT2D eigenvalue weighted by Crippen LogP contribution is 2.32. The molecule has 4 aromatic rings. The second kappa shape index (κ2) is 5.73. The van der Waals surface area contributed by atoms with Gasteiger partial charge in [0.1, 0.15) is 11.3 Å². The Morgan fingerprint density at radius 2 is 2.00 bits per heavy atom. The maximum Gasteiger partial charge on any atom is 0.163 e. The predicted molar refractivity (Wildman–Crippen MR) is 90.0 cm³/mol. The molecule has 0 aliphatic carbocycles. The van der Waals surface area contributed by atoms with Crippen molar-refractivity contribution in [3.05, 3.63) is 61.1 Å². The molecule has 5 nitrogen and oxygen atoms in total. The number of hydrogen-bond acceptors (Lipinski definition) is 5. The van der Waals surface area contributed by atoms with E-state index in [1.807, 2.05) is 6.07 Å². The van der Waals surface area contributed by atoms with E-state index in [2.05, 4.69) is 20.3 Å². The fourth-order valence-electron chi connectivity index (χ4n) is 2.62. The molecule has 0 atom stereocenters. The lowest BCUT2D eigenvalue weighted by molar-refractivity contribution is 0.567. The first-order valence-corrected chi connectivity index (χ1v) is 7.39. The average molecular weight is 320 g/mol. The zero-order chi connectivity index (χ0) is 16.5. The van der Waals surface area contributed by atoms with Crippen molar-refractivity contribution in [3.63, 3.8) is 0 Å². The number of benzene rings is 1. The minimum Gasteiger partial charge on any atom is -0.472 e. The van der Waals surface area contributed by atoms with Crippen LogP contribution in [0.4, 0.5) is 10.2 Å². The normalized spacial score (nSPS) is 10.9. The molecule has 6 heteroatoms. The molecular weight excluding hydrogens is 307 g/mol. The quantitative estimate of drug-likeness (QED) is 0.615. The van der Waals surface area contributed by atoms with Crippen LogP contribution in [0.5, 0.6) is 0 Å². The molecule has 0 radical (unpaired) electrons. The van der Waals surface area contributed by atoms with Crippen molar-refractivity contribution in [3.8, 4) is 22.5 Å². The van der Waals surface area contributed by atoms with Crippen LogP contribution >= 0.6 is 0 Å². The lowest BCUT2D eigenvalue weighted by Gasteiger charge is -2.10. The van der Waals surface area contributed by atoms with Gasteiger partial charge in [-0.05, 0) is 24.3 Å². The summed E-state index contributed by atoms with van der Waals surface area (Å²) in [6, 6.07) is 8.86. The zero-order valence-corrected chi connectivity index (χ0v) is 12.8. The van der Waals surface area contributed by atoms with Crippen LogP contribution in [-0.4, -0.2) is 22.0 Å². The smallest absolute Gasteiger partial charge is 0.163 e. The Hall–Kier alpha value is -3.28. The lowest BCUT2D eigenvalue weighted by Crippen LogP contribution is -2.01. The molecule has 4 rings (SSSR count). The number of furan rings is 1. The lowest BCUT2D eigenvalue weighted by atomic mass is 10.1. The molecule has 0 saturated heterocycles. The van der Waals surface area contributed by atoms with Crippen molar-refractivity contribution in [2.45, 2.75) is 0 Å². The van der Waals surface area contributed by atoms with Crippen molar-refractivity contribution in [2.75, 3.05) is 12.4 Å². The maximum absolute atomic E-state index is 15.1. The molecule has 3 heterocycles. The fourth-order valence-corrected chi connectivity index (χ4v) is 2.62. The third-order valence-electron chi connectivity index (χ3n) is 3.80. The minimum atomic E-state index is -0.405. The molecule has 0 spiro atoms.